The Hall–Kier alpha value is -0.690. The largest absolute Gasteiger partial charge is 0.243 e. The van der Waals surface area contributed by atoms with E-state index < -0.39 is 10.0 Å². The highest BCUT2D eigenvalue weighted by Gasteiger charge is 2.18. The van der Waals surface area contributed by atoms with Gasteiger partial charge in [-0.25, -0.2) is 10.0 Å². The minimum Gasteiger partial charge on any atom is -0.243 e. The minimum atomic E-state index is -0.414. The fraction of sp³-hybridized carbons (Fsp3) is 0.429. The molecule has 0 aliphatic heterocycles. The predicted octanol–water partition coefficient (Wildman–Crippen LogP) is 3.71. The van der Waals surface area contributed by atoms with Gasteiger partial charge in [0.05, 0.1) is 0 Å². The Bertz CT molecular complexity index is 388. The highest BCUT2D eigenvalue weighted by molar-refractivity contribution is 8.32. The van der Waals surface area contributed by atoms with E-state index in [1.54, 1.807) is 5.57 Å². The molecule has 0 N–H and O–H groups in total. The first-order valence-electron chi connectivity index (χ1n) is 5.58. The molecule has 0 saturated carbocycles. The summed E-state index contributed by atoms with van der Waals surface area (Å²) < 4.78 is 0. The van der Waals surface area contributed by atoms with E-state index in [4.69, 9.17) is 0 Å². The second kappa shape index (κ2) is 4.05. The van der Waals surface area contributed by atoms with Gasteiger partial charge in [-0.05, 0) is 41.4 Å². The summed E-state index contributed by atoms with van der Waals surface area (Å²) in [7, 11) is -0.414. The Morgan fingerprint density at radius 2 is 1.93 bits per heavy atom. The number of rotatable bonds is 3. The number of hydrogen-bond donors (Lipinski definition) is 0. The van der Waals surface area contributed by atoms with E-state index in [1.807, 2.05) is 0 Å². The highest BCUT2D eigenvalue weighted by Crippen LogP contribution is 2.44. The number of hydrogen-bond acceptors (Lipinski definition) is 0. The molecule has 0 bridgehead atoms. The number of benzene rings is 1. The van der Waals surface area contributed by atoms with Gasteiger partial charge in [-0.1, -0.05) is 37.3 Å². The Kier molecular flexibility index (Phi) is 2.92. The summed E-state index contributed by atoms with van der Waals surface area (Å²) in [6, 6.07) is 8.84. The third-order valence-corrected chi connectivity index (χ3v) is 5.91. The van der Waals surface area contributed by atoms with Crippen molar-refractivity contribution >= 4 is 15.6 Å². The average molecular weight is 220 g/mol. The third kappa shape index (κ3) is 2.28. The van der Waals surface area contributed by atoms with Crippen molar-refractivity contribution in [1.82, 2.24) is 0 Å². The topological polar surface area (TPSA) is 0 Å². The lowest BCUT2D eigenvalue weighted by Gasteiger charge is -2.30. The second-order valence-electron chi connectivity index (χ2n) is 4.79. The van der Waals surface area contributed by atoms with Gasteiger partial charge in [-0.2, -0.15) is 0 Å². The average Bonchev–Trinajstić information content (AvgIpc) is 2.62. The van der Waals surface area contributed by atoms with E-state index in [0.717, 1.165) is 6.42 Å². The van der Waals surface area contributed by atoms with Crippen molar-refractivity contribution in [2.24, 2.45) is 0 Å². The smallest absolute Gasteiger partial charge is 0.00231 e. The standard InChI is InChI=1S/C14H20S/c1-4-15(2,3)11-13-10-9-12-7-5-6-8-14(12)13/h5-8,10H,4,9,11H2,1-3H3. The molecule has 0 radical (unpaired) electrons. The van der Waals surface area contributed by atoms with Crippen LogP contribution in [0.1, 0.15) is 18.1 Å². The predicted molar refractivity (Wildman–Crippen MR) is 73.0 cm³/mol. The molecule has 0 heterocycles. The molecule has 2 rings (SSSR count). The zero-order valence-corrected chi connectivity index (χ0v) is 10.7. The number of fused-ring (bicyclic) bond motifs is 1. The van der Waals surface area contributed by atoms with Crippen LogP contribution in [0.2, 0.25) is 0 Å². The monoisotopic (exact) mass is 220 g/mol. The maximum absolute atomic E-state index is 2.44. The van der Waals surface area contributed by atoms with Gasteiger partial charge in [0.25, 0.3) is 0 Å². The van der Waals surface area contributed by atoms with Gasteiger partial charge in [0.2, 0.25) is 0 Å². The van der Waals surface area contributed by atoms with Crippen LogP contribution in [0.3, 0.4) is 0 Å². The van der Waals surface area contributed by atoms with Crippen LogP contribution in [-0.4, -0.2) is 24.0 Å². The summed E-state index contributed by atoms with van der Waals surface area (Å²) in [4.78, 5) is 0. The van der Waals surface area contributed by atoms with Gasteiger partial charge < -0.3 is 0 Å². The van der Waals surface area contributed by atoms with Crippen molar-refractivity contribution in [3.8, 4) is 0 Å². The minimum absolute atomic E-state index is 0.414. The fourth-order valence-corrected chi connectivity index (χ4v) is 3.33. The molecule has 0 amide bonds. The Morgan fingerprint density at radius 1 is 1.20 bits per heavy atom. The maximum atomic E-state index is 2.44. The van der Waals surface area contributed by atoms with E-state index in [-0.39, 0.29) is 0 Å². The van der Waals surface area contributed by atoms with Crippen molar-refractivity contribution in [3.05, 3.63) is 41.5 Å². The van der Waals surface area contributed by atoms with Gasteiger partial charge in [-0.15, -0.1) is 0 Å². The van der Waals surface area contributed by atoms with Gasteiger partial charge in [0, 0.05) is 5.75 Å². The lowest BCUT2D eigenvalue weighted by Crippen LogP contribution is -2.05. The quantitative estimate of drug-likeness (QED) is 0.728. The van der Waals surface area contributed by atoms with Gasteiger partial charge in [-0.3, -0.25) is 0 Å². The summed E-state index contributed by atoms with van der Waals surface area (Å²) in [6.07, 6.45) is 8.45. The zero-order valence-electron chi connectivity index (χ0n) is 9.92. The first-order valence-corrected chi connectivity index (χ1v) is 8.37. The first kappa shape index (κ1) is 10.8. The van der Waals surface area contributed by atoms with E-state index in [1.165, 1.54) is 22.6 Å². The molecule has 0 atom stereocenters. The molecule has 0 unspecified atom stereocenters. The van der Waals surface area contributed by atoms with Gasteiger partial charge in [0.15, 0.2) is 0 Å². The molecule has 1 heteroatoms. The van der Waals surface area contributed by atoms with Crippen LogP contribution >= 0.6 is 10.0 Å². The Morgan fingerprint density at radius 3 is 2.67 bits per heavy atom. The van der Waals surface area contributed by atoms with E-state index in [9.17, 15) is 0 Å². The molecule has 1 aliphatic carbocycles. The molecular formula is C14H20S. The van der Waals surface area contributed by atoms with Crippen molar-refractivity contribution in [3.63, 3.8) is 0 Å². The SMILES string of the molecule is CCS(C)(C)CC1=CCc2ccccc21. The van der Waals surface area contributed by atoms with Crippen molar-refractivity contribution in [2.75, 3.05) is 24.0 Å². The molecule has 0 aromatic heterocycles. The molecule has 0 spiro atoms. The summed E-state index contributed by atoms with van der Waals surface area (Å²) in [6.45, 7) is 2.32. The van der Waals surface area contributed by atoms with Crippen molar-refractivity contribution in [1.29, 1.82) is 0 Å². The van der Waals surface area contributed by atoms with E-state index >= 15 is 0 Å². The van der Waals surface area contributed by atoms with E-state index in [2.05, 4.69) is 49.8 Å². The van der Waals surface area contributed by atoms with Gasteiger partial charge >= 0.3 is 0 Å². The molecule has 0 nitrogen and oxygen atoms in total. The summed E-state index contributed by atoms with van der Waals surface area (Å²) >= 11 is 0. The third-order valence-electron chi connectivity index (χ3n) is 3.26. The van der Waals surface area contributed by atoms with Crippen molar-refractivity contribution in [2.45, 2.75) is 13.3 Å². The number of allylic oxidation sites excluding steroid dienone is 1. The van der Waals surface area contributed by atoms with Crippen LogP contribution in [0.5, 0.6) is 0 Å². The maximum Gasteiger partial charge on any atom is 0.00231 e. The van der Waals surface area contributed by atoms with Crippen LogP contribution in [-0.2, 0) is 6.42 Å². The normalized spacial score (nSPS) is 16.1. The Balaban J connectivity index is 2.21. The first-order chi connectivity index (χ1) is 7.12. The molecular weight excluding hydrogens is 200 g/mol. The van der Waals surface area contributed by atoms with Gasteiger partial charge in [0.1, 0.15) is 0 Å². The molecule has 15 heavy (non-hydrogen) atoms. The Labute approximate surface area is 94.7 Å². The second-order valence-corrected chi connectivity index (χ2v) is 9.19. The molecule has 0 fully saturated rings. The molecule has 1 aliphatic rings. The summed E-state index contributed by atoms with van der Waals surface area (Å²) in [5, 5.41) is 0. The lowest BCUT2D eigenvalue weighted by molar-refractivity contribution is 1.31. The lowest BCUT2D eigenvalue weighted by atomic mass is 10.1. The van der Waals surface area contributed by atoms with E-state index in [0.29, 0.717) is 0 Å². The van der Waals surface area contributed by atoms with Crippen LogP contribution in [0, 0.1) is 0 Å². The molecule has 0 saturated heterocycles. The fourth-order valence-electron chi connectivity index (χ4n) is 2.01. The van der Waals surface area contributed by atoms with Crippen LogP contribution in [0.25, 0.3) is 5.57 Å². The van der Waals surface area contributed by atoms with Crippen molar-refractivity contribution < 1.29 is 0 Å². The molecule has 1 aromatic rings. The molecule has 1 aromatic carbocycles. The summed E-state index contributed by atoms with van der Waals surface area (Å²) in [5.41, 5.74) is 4.61. The zero-order chi connectivity index (χ0) is 10.9. The summed E-state index contributed by atoms with van der Waals surface area (Å²) in [5.74, 6) is 2.62. The van der Waals surface area contributed by atoms with Crippen LogP contribution in [0.4, 0.5) is 0 Å². The van der Waals surface area contributed by atoms with Crippen LogP contribution < -0.4 is 0 Å². The van der Waals surface area contributed by atoms with Crippen LogP contribution in [0.15, 0.2) is 30.3 Å². The highest BCUT2D eigenvalue weighted by atomic mass is 32.3. The molecule has 82 valence electrons.